The second kappa shape index (κ2) is 5.02. The molecule has 0 spiro atoms. The largest absolute Gasteiger partial charge is 0.325 e. The highest BCUT2D eigenvalue weighted by Gasteiger charge is 2.32. The van der Waals surface area contributed by atoms with Crippen LogP contribution in [0.2, 0.25) is 0 Å². The molecule has 18 heavy (non-hydrogen) atoms. The number of carbonyl (C=O) groups excluding carboxylic acids is 1. The molecule has 3 nitrogen and oxygen atoms in total. The molecule has 5 heteroatoms. The standard InChI is InChI=1S/C13H16F2N2O/c14-9-4-3-5-10(15)12(9)17-11(18)8-13(16)6-1-2-7-13/h3-5H,1-2,6-8,16H2,(H,17,18). The Labute approximate surface area is 104 Å². The Balaban J connectivity index is 2.03. The average molecular weight is 254 g/mol. The Bertz CT molecular complexity index is 436. The van der Waals surface area contributed by atoms with Crippen molar-refractivity contribution in [2.75, 3.05) is 5.32 Å². The van der Waals surface area contributed by atoms with E-state index in [1.165, 1.54) is 6.07 Å². The number of anilines is 1. The van der Waals surface area contributed by atoms with Gasteiger partial charge in [-0.1, -0.05) is 18.9 Å². The molecule has 0 aromatic heterocycles. The first-order chi connectivity index (χ1) is 8.50. The SMILES string of the molecule is NC1(CC(=O)Nc2c(F)cccc2F)CCCC1. The maximum atomic E-state index is 13.3. The molecular weight excluding hydrogens is 238 g/mol. The van der Waals surface area contributed by atoms with Gasteiger partial charge in [0.2, 0.25) is 5.91 Å². The van der Waals surface area contributed by atoms with Gasteiger partial charge in [-0.3, -0.25) is 4.79 Å². The summed E-state index contributed by atoms with van der Waals surface area (Å²) in [5.74, 6) is -2.00. The third-order valence-electron chi connectivity index (χ3n) is 3.34. The van der Waals surface area contributed by atoms with E-state index in [1.807, 2.05) is 0 Å². The Morgan fingerprint density at radius 1 is 1.28 bits per heavy atom. The summed E-state index contributed by atoms with van der Waals surface area (Å²) in [6, 6.07) is 3.46. The second-order valence-electron chi connectivity index (χ2n) is 4.89. The number of carbonyl (C=O) groups is 1. The maximum Gasteiger partial charge on any atom is 0.226 e. The molecule has 1 aliphatic carbocycles. The zero-order valence-corrected chi connectivity index (χ0v) is 10.0. The van der Waals surface area contributed by atoms with E-state index in [9.17, 15) is 13.6 Å². The van der Waals surface area contributed by atoms with Crippen LogP contribution in [0, 0.1) is 11.6 Å². The summed E-state index contributed by atoms with van der Waals surface area (Å²) in [6.07, 6.45) is 3.65. The zero-order chi connectivity index (χ0) is 13.2. The number of nitrogens with one attached hydrogen (secondary N) is 1. The molecule has 0 aliphatic heterocycles. The summed E-state index contributed by atoms with van der Waals surface area (Å²) in [5.41, 5.74) is 5.12. The monoisotopic (exact) mass is 254 g/mol. The van der Waals surface area contributed by atoms with Crippen molar-refractivity contribution < 1.29 is 13.6 Å². The van der Waals surface area contributed by atoms with Gasteiger partial charge in [-0.25, -0.2) is 8.78 Å². The fourth-order valence-corrected chi connectivity index (χ4v) is 2.38. The van der Waals surface area contributed by atoms with Crippen molar-refractivity contribution in [3.63, 3.8) is 0 Å². The van der Waals surface area contributed by atoms with E-state index in [0.29, 0.717) is 0 Å². The van der Waals surface area contributed by atoms with Crippen LogP contribution in [-0.2, 0) is 4.79 Å². The molecule has 2 rings (SSSR count). The van der Waals surface area contributed by atoms with E-state index in [0.717, 1.165) is 37.8 Å². The third kappa shape index (κ3) is 2.85. The number of rotatable bonds is 3. The second-order valence-corrected chi connectivity index (χ2v) is 4.89. The van der Waals surface area contributed by atoms with Crippen LogP contribution in [0.5, 0.6) is 0 Å². The van der Waals surface area contributed by atoms with Crippen LogP contribution in [0.15, 0.2) is 18.2 Å². The van der Waals surface area contributed by atoms with Crippen molar-refractivity contribution in [1.82, 2.24) is 0 Å². The zero-order valence-electron chi connectivity index (χ0n) is 10.0. The smallest absolute Gasteiger partial charge is 0.226 e. The molecule has 0 radical (unpaired) electrons. The number of nitrogens with two attached hydrogens (primary N) is 1. The van der Waals surface area contributed by atoms with Gasteiger partial charge in [-0.2, -0.15) is 0 Å². The van der Waals surface area contributed by atoms with Crippen LogP contribution in [0.4, 0.5) is 14.5 Å². The van der Waals surface area contributed by atoms with E-state index in [-0.39, 0.29) is 6.42 Å². The van der Waals surface area contributed by atoms with Crippen molar-refractivity contribution in [3.8, 4) is 0 Å². The maximum absolute atomic E-state index is 13.3. The number of hydrogen-bond acceptors (Lipinski definition) is 2. The van der Waals surface area contributed by atoms with Crippen LogP contribution in [-0.4, -0.2) is 11.4 Å². The molecule has 1 aromatic carbocycles. The molecular formula is C13H16F2N2O. The van der Waals surface area contributed by atoms with Crippen LogP contribution in [0.3, 0.4) is 0 Å². The fraction of sp³-hybridized carbons (Fsp3) is 0.462. The van der Waals surface area contributed by atoms with Gasteiger partial charge in [0, 0.05) is 12.0 Å². The number of halogens is 2. The molecule has 3 N–H and O–H groups in total. The number of amides is 1. The lowest BCUT2D eigenvalue weighted by Gasteiger charge is -2.22. The van der Waals surface area contributed by atoms with Gasteiger partial charge in [0.25, 0.3) is 0 Å². The summed E-state index contributed by atoms with van der Waals surface area (Å²) in [5, 5.41) is 2.26. The molecule has 1 aliphatic rings. The molecule has 0 atom stereocenters. The van der Waals surface area contributed by atoms with Crippen molar-refractivity contribution in [1.29, 1.82) is 0 Å². The highest BCUT2D eigenvalue weighted by Crippen LogP contribution is 2.30. The first kappa shape index (κ1) is 13.0. The minimum atomic E-state index is -0.777. The van der Waals surface area contributed by atoms with Crippen LogP contribution in [0.1, 0.15) is 32.1 Å². The Kier molecular flexibility index (Phi) is 3.61. The van der Waals surface area contributed by atoms with E-state index < -0.39 is 28.8 Å². The predicted molar refractivity (Wildman–Crippen MR) is 65.0 cm³/mol. The summed E-state index contributed by atoms with van der Waals surface area (Å²) in [7, 11) is 0. The highest BCUT2D eigenvalue weighted by molar-refractivity contribution is 5.91. The average Bonchev–Trinajstić information content (AvgIpc) is 2.70. The minimum Gasteiger partial charge on any atom is -0.325 e. The van der Waals surface area contributed by atoms with Gasteiger partial charge in [-0.15, -0.1) is 0 Å². The summed E-state index contributed by atoms with van der Waals surface area (Å²) in [4.78, 5) is 11.8. The highest BCUT2D eigenvalue weighted by atomic mass is 19.1. The normalized spacial score (nSPS) is 17.7. The summed E-state index contributed by atoms with van der Waals surface area (Å²) >= 11 is 0. The van der Waals surface area contributed by atoms with Crippen molar-refractivity contribution >= 4 is 11.6 Å². The van der Waals surface area contributed by atoms with Crippen LogP contribution < -0.4 is 11.1 Å². The Morgan fingerprint density at radius 2 is 1.83 bits per heavy atom. The van der Waals surface area contributed by atoms with Gasteiger partial charge >= 0.3 is 0 Å². The first-order valence-corrected chi connectivity index (χ1v) is 6.03. The quantitative estimate of drug-likeness (QED) is 0.871. The summed E-state index contributed by atoms with van der Waals surface area (Å²) < 4.78 is 26.7. The first-order valence-electron chi connectivity index (χ1n) is 6.03. The van der Waals surface area contributed by atoms with E-state index in [2.05, 4.69) is 5.32 Å². The van der Waals surface area contributed by atoms with Crippen LogP contribution in [0.25, 0.3) is 0 Å². The molecule has 1 aromatic rings. The third-order valence-corrected chi connectivity index (χ3v) is 3.34. The van der Waals surface area contributed by atoms with Gasteiger partial charge in [-0.05, 0) is 25.0 Å². The lowest BCUT2D eigenvalue weighted by molar-refractivity contribution is -0.117. The van der Waals surface area contributed by atoms with Crippen molar-refractivity contribution in [2.24, 2.45) is 5.73 Å². The van der Waals surface area contributed by atoms with Gasteiger partial charge in [0.05, 0.1) is 0 Å². The van der Waals surface area contributed by atoms with Crippen molar-refractivity contribution in [3.05, 3.63) is 29.8 Å². The number of para-hydroxylation sites is 1. The molecule has 0 saturated heterocycles. The van der Waals surface area contributed by atoms with Crippen molar-refractivity contribution in [2.45, 2.75) is 37.6 Å². The molecule has 0 bridgehead atoms. The Hall–Kier alpha value is -1.49. The Morgan fingerprint density at radius 3 is 2.39 bits per heavy atom. The molecule has 0 unspecified atom stereocenters. The predicted octanol–water partition coefficient (Wildman–Crippen LogP) is 2.56. The number of hydrogen-bond donors (Lipinski definition) is 2. The van der Waals surface area contributed by atoms with E-state index in [1.54, 1.807) is 0 Å². The lowest BCUT2D eigenvalue weighted by Crippen LogP contribution is -2.40. The van der Waals surface area contributed by atoms with Gasteiger partial charge in [0.15, 0.2) is 0 Å². The van der Waals surface area contributed by atoms with E-state index in [4.69, 9.17) is 5.73 Å². The van der Waals surface area contributed by atoms with Gasteiger partial charge in [0.1, 0.15) is 17.3 Å². The molecule has 98 valence electrons. The fourth-order valence-electron chi connectivity index (χ4n) is 2.38. The minimum absolute atomic E-state index is 0.0980. The lowest BCUT2D eigenvalue weighted by atomic mass is 9.94. The molecule has 1 fully saturated rings. The summed E-state index contributed by atoms with van der Waals surface area (Å²) in [6.45, 7) is 0. The molecule has 1 amide bonds. The molecule has 0 heterocycles. The number of benzene rings is 1. The topological polar surface area (TPSA) is 55.1 Å². The van der Waals surface area contributed by atoms with Crippen LogP contribution >= 0.6 is 0 Å². The molecule has 1 saturated carbocycles. The van der Waals surface area contributed by atoms with E-state index >= 15 is 0 Å². The van der Waals surface area contributed by atoms with Gasteiger partial charge < -0.3 is 11.1 Å².